The van der Waals surface area contributed by atoms with Crippen LogP contribution in [0.4, 0.5) is 0 Å². The second-order valence-electron chi connectivity index (χ2n) is 5.14. The molecule has 0 saturated heterocycles. The quantitative estimate of drug-likeness (QED) is 0.576. The Morgan fingerprint density at radius 3 is 2.45 bits per heavy atom. The van der Waals surface area contributed by atoms with Crippen LogP contribution in [0.15, 0.2) is 45.6 Å². The summed E-state index contributed by atoms with van der Waals surface area (Å²) in [5.74, 6) is 6.80. The van der Waals surface area contributed by atoms with Crippen LogP contribution in [0.3, 0.4) is 0 Å². The van der Waals surface area contributed by atoms with Crippen molar-refractivity contribution in [1.29, 1.82) is 0 Å². The van der Waals surface area contributed by atoms with Crippen molar-refractivity contribution in [3.63, 3.8) is 0 Å². The van der Waals surface area contributed by atoms with Gasteiger partial charge in [0.05, 0.1) is 6.04 Å². The summed E-state index contributed by atoms with van der Waals surface area (Å²) in [5.41, 5.74) is 5.61. The van der Waals surface area contributed by atoms with E-state index in [0.29, 0.717) is 11.8 Å². The highest BCUT2D eigenvalue weighted by atomic mass is 79.9. The van der Waals surface area contributed by atoms with Crippen LogP contribution in [0.1, 0.15) is 43.4 Å². The molecule has 1 heterocycles. The molecule has 3 atom stereocenters. The second kappa shape index (κ2) is 7.36. The van der Waals surface area contributed by atoms with Gasteiger partial charge < -0.3 is 0 Å². The van der Waals surface area contributed by atoms with Gasteiger partial charge in [0.2, 0.25) is 0 Å². The fourth-order valence-electron chi connectivity index (χ4n) is 2.68. The summed E-state index contributed by atoms with van der Waals surface area (Å²) < 4.78 is 1.13. The van der Waals surface area contributed by atoms with E-state index in [0.717, 1.165) is 10.9 Å². The monoisotopic (exact) mass is 352 g/mol. The van der Waals surface area contributed by atoms with Crippen LogP contribution in [0.2, 0.25) is 0 Å². The molecule has 1 aromatic heterocycles. The molecule has 3 N–H and O–H groups in total. The summed E-state index contributed by atoms with van der Waals surface area (Å²) >= 11 is 5.33. The van der Waals surface area contributed by atoms with Crippen molar-refractivity contribution in [2.45, 2.75) is 32.2 Å². The van der Waals surface area contributed by atoms with Crippen molar-refractivity contribution in [2.24, 2.45) is 11.8 Å². The fraction of sp³-hybridized carbons (Fsp3) is 0.375. The van der Waals surface area contributed by atoms with E-state index in [1.165, 1.54) is 11.1 Å². The predicted molar refractivity (Wildman–Crippen MR) is 90.7 cm³/mol. The van der Waals surface area contributed by atoms with Crippen molar-refractivity contribution in [1.82, 2.24) is 5.43 Å². The molecule has 2 rings (SSSR count). The molecule has 0 fully saturated rings. The summed E-state index contributed by atoms with van der Waals surface area (Å²) in [6, 6.07) is 10.8. The maximum absolute atomic E-state index is 5.90. The van der Waals surface area contributed by atoms with Gasteiger partial charge in [-0.1, -0.05) is 50.6 Å². The Balaban J connectivity index is 2.42. The normalized spacial score (nSPS) is 15.8. The maximum Gasteiger partial charge on any atom is 0.0550 e. The van der Waals surface area contributed by atoms with Crippen molar-refractivity contribution in [3.8, 4) is 0 Å². The van der Waals surface area contributed by atoms with Crippen LogP contribution in [-0.2, 0) is 0 Å². The molecule has 2 aromatic rings. The van der Waals surface area contributed by atoms with E-state index in [1.54, 1.807) is 11.3 Å². The molecule has 0 radical (unpaired) electrons. The highest BCUT2D eigenvalue weighted by Gasteiger charge is 2.29. The molecule has 108 valence electrons. The van der Waals surface area contributed by atoms with Crippen molar-refractivity contribution >= 4 is 27.3 Å². The Hall–Kier alpha value is -0.680. The van der Waals surface area contributed by atoms with Crippen LogP contribution in [0.25, 0.3) is 0 Å². The van der Waals surface area contributed by atoms with E-state index in [-0.39, 0.29) is 6.04 Å². The number of thiophene rings is 1. The Bertz CT molecular complexity index is 526. The summed E-state index contributed by atoms with van der Waals surface area (Å²) in [5, 5.41) is 4.28. The molecule has 2 nitrogen and oxygen atoms in total. The summed E-state index contributed by atoms with van der Waals surface area (Å²) in [4.78, 5) is 0. The van der Waals surface area contributed by atoms with Gasteiger partial charge in [0.25, 0.3) is 0 Å². The molecule has 0 aliphatic rings. The van der Waals surface area contributed by atoms with Gasteiger partial charge in [0.15, 0.2) is 0 Å². The molecule has 3 unspecified atom stereocenters. The second-order valence-corrected chi connectivity index (χ2v) is 6.74. The number of hydrazine groups is 1. The van der Waals surface area contributed by atoms with Crippen LogP contribution >= 0.6 is 27.3 Å². The zero-order valence-corrected chi connectivity index (χ0v) is 14.2. The van der Waals surface area contributed by atoms with Gasteiger partial charge in [0.1, 0.15) is 0 Å². The van der Waals surface area contributed by atoms with E-state index < -0.39 is 0 Å². The lowest BCUT2D eigenvalue weighted by atomic mass is 9.78. The van der Waals surface area contributed by atoms with Crippen molar-refractivity contribution in [2.75, 3.05) is 0 Å². The van der Waals surface area contributed by atoms with Crippen molar-refractivity contribution in [3.05, 3.63) is 56.7 Å². The van der Waals surface area contributed by atoms with Gasteiger partial charge in [-0.2, -0.15) is 11.3 Å². The van der Waals surface area contributed by atoms with E-state index in [9.17, 15) is 0 Å². The van der Waals surface area contributed by atoms with E-state index >= 15 is 0 Å². The predicted octanol–water partition coefficient (Wildman–Crippen LogP) is 4.84. The minimum atomic E-state index is 0.118. The number of nitrogens with two attached hydrogens (primary N) is 1. The molecule has 0 aliphatic heterocycles. The highest BCUT2D eigenvalue weighted by molar-refractivity contribution is 9.10. The number of hydrogen-bond acceptors (Lipinski definition) is 3. The molecule has 1 aromatic carbocycles. The minimum Gasteiger partial charge on any atom is -0.271 e. The van der Waals surface area contributed by atoms with Gasteiger partial charge in [-0.15, -0.1) is 0 Å². The average Bonchev–Trinajstić information content (AvgIpc) is 2.90. The van der Waals surface area contributed by atoms with Crippen molar-refractivity contribution < 1.29 is 0 Å². The number of benzene rings is 1. The number of rotatable bonds is 6. The Kier molecular flexibility index (Phi) is 5.78. The lowest BCUT2D eigenvalue weighted by Gasteiger charge is -2.31. The molecule has 0 amide bonds. The average molecular weight is 353 g/mol. The first-order valence-corrected chi connectivity index (χ1v) is 8.65. The lowest BCUT2D eigenvalue weighted by Crippen LogP contribution is -2.35. The SMILES string of the molecule is CCC(C)C(c1ccccc1)C(NN)c1cscc1Br. The Morgan fingerprint density at radius 1 is 1.25 bits per heavy atom. The lowest BCUT2D eigenvalue weighted by molar-refractivity contribution is 0.343. The molecule has 0 saturated carbocycles. The molecular formula is C16H21BrN2S. The van der Waals surface area contributed by atoms with Gasteiger partial charge in [-0.25, -0.2) is 0 Å². The first-order chi connectivity index (χ1) is 9.69. The number of halogens is 1. The maximum atomic E-state index is 5.90. The van der Waals surface area contributed by atoms with Gasteiger partial charge >= 0.3 is 0 Å². The topological polar surface area (TPSA) is 38.0 Å². The number of nitrogens with one attached hydrogen (secondary N) is 1. The third kappa shape index (κ3) is 3.31. The van der Waals surface area contributed by atoms with E-state index in [2.05, 4.69) is 76.3 Å². The molecule has 4 heteroatoms. The van der Waals surface area contributed by atoms with Gasteiger partial charge in [0, 0.05) is 15.8 Å². The van der Waals surface area contributed by atoms with E-state index in [4.69, 9.17) is 5.84 Å². The Morgan fingerprint density at radius 2 is 1.95 bits per heavy atom. The largest absolute Gasteiger partial charge is 0.271 e. The zero-order chi connectivity index (χ0) is 14.5. The smallest absolute Gasteiger partial charge is 0.0550 e. The molecule has 0 spiro atoms. The van der Waals surface area contributed by atoms with E-state index in [1.807, 2.05) is 0 Å². The summed E-state index contributed by atoms with van der Waals surface area (Å²) in [6.45, 7) is 4.53. The van der Waals surface area contributed by atoms with Gasteiger partial charge in [-0.3, -0.25) is 11.3 Å². The summed E-state index contributed by atoms with van der Waals surface area (Å²) in [7, 11) is 0. The molecule has 0 aliphatic carbocycles. The highest BCUT2D eigenvalue weighted by Crippen LogP contribution is 2.41. The third-order valence-electron chi connectivity index (χ3n) is 3.96. The minimum absolute atomic E-state index is 0.118. The number of hydrogen-bond donors (Lipinski definition) is 2. The summed E-state index contributed by atoms with van der Waals surface area (Å²) in [6.07, 6.45) is 1.12. The third-order valence-corrected chi connectivity index (χ3v) is 5.71. The molecule has 20 heavy (non-hydrogen) atoms. The fourth-order valence-corrected chi connectivity index (χ4v) is 4.26. The molecule has 0 bridgehead atoms. The van der Waals surface area contributed by atoms with Crippen LogP contribution in [0, 0.1) is 5.92 Å². The Labute approximate surface area is 133 Å². The van der Waals surface area contributed by atoms with Gasteiger partial charge in [-0.05, 0) is 38.4 Å². The first-order valence-electron chi connectivity index (χ1n) is 6.91. The first kappa shape index (κ1) is 15.7. The van der Waals surface area contributed by atoms with Crippen LogP contribution in [-0.4, -0.2) is 0 Å². The standard InChI is InChI=1S/C16H21BrN2S/c1-3-11(2)15(12-7-5-4-6-8-12)16(19-18)13-9-20-10-14(13)17/h4-11,15-16,19H,3,18H2,1-2H3. The van der Waals surface area contributed by atoms with Crippen LogP contribution < -0.4 is 11.3 Å². The zero-order valence-electron chi connectivity index (χ0n) is 11.8. The molecular weight excluding hydrogens is 332 g/mol. The van der Waals surface area contributed by atoms with Crippen LogP contribution in [0.5, 0.6) is 0 Å².